The van der Waals surface area contributed by atoms with E-state index >= 15 is 0 Å². The maximum Gasteiger partial charge on any atom is 0.240 e. The van der Waals surface area contributed by atoms with Crippen molar-refractivity contribution in [1.82, 2.24) is 25.3 Å². The maximum atomic E-state index is 12.7. The fourth-order valence-corrected chi connectivity index (χ4v) is 3.65. The van der Waals surface area contributed by atoms with Crippen molar-refractivity contribution in [2.24, 2.45) is 5.73 Å². The van der Waals surface area contributed by atoms with Gasteiger partial charge in [0.15, 0.2) is 0 Å². The zero-order chi connectivity index (χ0) is 21.5. The first-order valence-electron chi connectivity index (χ1n) is 10.1. The summed E-state index contributed by atoms with van der Waals surface area (Å²) in [6, 6.07) is 9.80. The Bertz CT molecular complexity index is 855. The molecule has 0 unspecified atom stereocenters. The Morgan fingerprint density at radius 1 is 1.17 bits per heavy atom. The van der Waals surface area contributed by atoms with E-state index in [4.69, 9.17) is 5.73 Å². The molecule has 1 aromatic heterocycles. The molecule has 0 radical (unpaired) electrons. The highest BCUT2D eigenvalue weighted by Crippen LogP contribution is 2.21. The van der Waals surface area contributed by atoms with Crippen LogP contribution in [0.4, 0.5) is 0 Å². The first-order chi connectivity index (χ1) is 14.5. The van der Waals surface area contributed by atoms with Crippen LogP contribution in [0.3, 0.4) is 0 Å². The summed E-state index contributed by atoms with van der Waals surface area (Å²) >= 11 is 0. The lowest BCUT2D eigenvalue weighted by atomic mass is 10.0. The molecule has 3 rings (SSSR count). The number of aromatic nitrogens is 2. The second-order valence-electron chi connectivity index (χ2n) is 7.43. The molecule has 0 aliphatic carbocycles. The summed E-state index contributed by atoms with van der Waals surface area (Å²) in [5, 5.41) is 9.64. The van der Waals surface area contributed by atoms with Crippen molar-refractivity contribution in [2.75, 3.05) is 20.1 Å². The molecule has 1 saturated heterocycles. The van der Waals surface area contributed by atoms with Gasteiger partial charge in [0.1, 0.15) is 0 Å². The van der Waals surface area contributed by atoms with Crippen molar-refractivity contribution in [1.29, 1.82) is 0 Å². The Morgan fingerprint density at radius 2 is 1.93 bits per heavy atom. The minimum Gasteiger partial charge on any atom is -0.359 e. The molecule has 3 atom stereocenters. The van der Waals surface area contributed by atoms with Crippen LogP contribution >= 0.6 is 0 Å². The molecule has 1 aliphatic heterocycles. The molecule has 0 spiro atoms. The van der Waals surface area contributed by atoms with Crippen LogP contribution in [0.5, 0.6) is 0 Å². The van der Waals surface area contributed by atoms with Gasteiger partial charge in [-0.3, -0.25) is 19.1 Å². The van der Waals surface area contributed by atoms with Crippen molar-refractivity contribution in [3.8, 4) is 0 Å². The Kier molecular flexibility index (Phi) is 7.18. The number of rotatable bonds is 8. The van der Waals surface area contributed by atoms with Crippen molar-refractivity contribution in [3.63, 3.8) is 0 Å². The van der Waals surface area contributed by atoms with Gasteiger partial charge in [-0.1, -0.05) is 30.3 Å². The fraction of sp³-hybridized carbons (Fsp3) is 0.429. The van der Waals surface area contributed by atoms with Gasteiger partial charge in [-0.15, -0.1) is 0 Å². The summed E-state index contributed by atoms with van der Waals surface area (Å²) in [6.07, 6.45) is 4.35. The van der Waals surface area contributed by atoms with Crippen LogP contribution in [0.25, 0.3) is 0 Å². The van der Waals surface area contributed by atoms with E-state index in [0.29, 0.717) is 13.1 Å². The topological polar surface area (TPSA) is 122 Å². The first-order valence-corrected chi connectivity index (χ1v) is 10.1. The largest absolute Gasteiger partial charge is 0.359 e. The number of amides is 3. The van der Waals surface area contributed by atoms with Gasteiger partial charge in [0.2, 0.25) is 17.7 Å². The Morgan fingerprint density at radius 3 is 2.60 bits per heavy atom. The number of nitrogens with one attached hydrogen (secondary N) is 2. The van der Waals surface area contributed by atoms with E-state index in [-0.39, 0.29) is 36.6 Å². The fourth-order valence-electron chi connectivity index (χ4n) is 3.65. The van der Waals surface area contributed by atoms with Crippen molar-refractivity contribution in [2.45, 2.75) is 37.4 Å². The van der Waals surface area contributed by atoms with Crippen molar-refractivity contribution in [3.05, 3.63) is 54.4 Å². The monoisotopic (exact) mass is 412 g/mol. The molecular weight excluding hydrogens is 384 g/mol. The zero-order valence-electron chi connectivity index (χ0n) is 17.0. The number of nitrogens with zero attached hydrogens (tertiary/aromatic N) is 3. The lowest BCUT2D eigenvalue weighted by Gasteiger charge is -2.22. The molecule has 0 bridgehead atoms. The molecule has 9 heteroatoms. The van der Waals surface area contributed by atoms with E-state index in [1.165, 1.54) is 0 Å². The average Bonchev–Trinajstić information content (AvgIpc) is 3.45. The Hall–Kier alpha value is -3.20. The number of likely N-dealkylation sites (tertiary alicyclic amines) is 1. The molecule has 3 amide bonds. The number of carbonyl (C=O) groups excluding carboxylic acids is 3. The van der Waals surface area contributed by atoms with Crippen LogP contribution in [0.15, 0.2) is 48.8 Å². The van der Waals surface area contributed by atoms with E-state index in [1.807, 2.05) is 47.3 Å². The third-order valence-electron chi connectivity index (χ3n) is 5.30. The van der Waals surface area contributed by atoms with Gasteiger partial charge in [0.05, 0.1) is 31.0 Å². The van der Waals surface area contributed by atoms with Crippen molar-refractivity contribution < 1.29 is 14.4 Å². The smallest absolute Gasteiger partial charge is 0.240 e. The second kappa shape index (κ2) is 10.0. The van der Waals surface area contributed by atoms with Gasteiger partial charge in [-0.05, 0) is 18.1 Å². The number of hydrogen-bond donors (Lipinski definition) is 3. The van der Waals surface area contributed by atoms with Crippen LogP contribution < -0.4 is 16.4 Å². The van der Waals surface area contributed by atoms with Gasteiger partial charge < -0.3 is 21.3 Å². The number of nitrogens with two attached hydrogens (primary N) is 1. The first kappa shape index (κ1) is 21.5. The summed E-state index contributed by atoms with van der Waals surface area (Å²) in [5.41, 5.74) is 6.87. The molecule has 1 aromatic carbocycles. The standard InChI is InChI=1S/C21H28N6O3/c1-23-19(28)13-18(15-6-3-2-4-7-15)25-20(29)12-17(22)21(30)26-11-8-16(14-26)27-10-5-9-24-27/h2-7,9-10,16-18H,8,11-14,22H2,1H3,(H,23,28)(H,25,29)/t16-,17-,18-/m0/s1. The predicted molar refractivity (Wildman–Crippen MR) is 111 cm³/mol. The van der Waals surface area contributed by atoms with E-state index in [0.717, 1.165) is 12.0 Å². The summed E-state index contributed by atoms with van der Waals surface area (Å²) in [6.45, 7) is 1.11. The predicted octanol–water partition coefficient (Wildman–Crippen LogP) is 0.368. The van der Waals surface area contributed by atoms with Crippen LogP contribution in [0, 0.1) is 0 Å². The Labute approximate surface area is 175 Å². The number of benzene rings is 1. The lowest BCUT2D eigenvalue weighted by Crippen LogP contribution is -2.46. The third kappa shape index (κ3) is 5.44. The maximum absolute atomic E-state index is 12.7. The molecule has 2 aromatic rings. The minimum atomic E-state index is -0.933. The van der Waals surface area contributed by atoms with Crippen LogP contribution in [0.2, 0.25) is 0 Å². The molecule has 160 valence electrons. The molecule has 2 heterocycles. The van der Waals surface area contributed by atoms with E-state index in [2.05, 4.69) is 15.7 Å². The van der Waals surface area contributed by atoms with Gasteiger partial charge in [-0.25, -0.2) is 0 Å². The second-order valence-corrected chi connectivity index (χ2v) is 7.43. The molecule has 30 heavy (non-hydrogen) atoms. The zero-order valence-corrected chi connectivity index (χ0v) is 17.0. The summed E-state index contributed by atoms with van der Waals surface area (Å²) in [5.74, 6) is -0.801. The summed E-state index contributed by atoms with van der Waals surface area (Å²) < 4.78 is 1.84. The van der Waals surface area contributed by atoms with Gasteiger partial charge in [0, 0.05) is 32.5 Å². The number of hydrogen-bond acceptors (Lipinski definition) is 5. The van der Waals surface area contributed by atoms with Gasteiger partial charge in [-0.2, -0.15) is 5.10 Å². The van der Waals surface area contributed by atoms with Crippen LogP contribution in [0.1, 0.15) is 36.9 Å². The SMILES string of the molecule is CNC(=O)C[C@H](NC(=O)C[C@H](N)C(=O)N1CC[C@H](n2cccn2)C1)c1ccccc1. The van der Waals surface area contributed by atoms with Gasteiger partial charge in [0.25, 0.3) is 0 Å². The van der Waals surface area contributed by atoms with Crippen LogP contribution in [-0.4, -0.2) is 58.6 Å². The summed E-state index contributed by atoms with van der Waals surface area (Å²) in [7, 11) is 1.55. The van der Waals surface area contributed by atoms with E-state index in [1.54, 1.807) is 18.1 Å². The van der Waals surface area contributed by atoms with E-state index in [9.17, 15) is 14.4 Å². The highest BCUT2D eigenvalue weighted by Gasteiger charge is 2.31. The minimum absolute atomic E-state index is 0.104. The van der Waals surface area contributed by atoms with Gasteiger partial charge >= 0.3 is 0 Å². The van der Waals surface area contributed by atoms with Crippen LogP contribution in [-0.2, 0) is 14.4 Å². The molecule has 1 fully saturated rings. The van der Waals surface area contributed by atoms with Crippen molar-refractivity contribution >= 4 is 17.7 Å². The molecule has 0 saturated carbocycles. The molecule has 9 nitrogen and oxygen atoms in total. The lowest BCUT2D eigenvalue weighted by molar-refractivity contribution is -0.134. The quantitative estimate of drug-likeness (QED) is 0.578. The molecule has 4 N–H and O–H groups in total. The third-order valence-corrected chi connectivity index (χ3v) is 5.30. The Balaban J connectivity index is 1.55. The highest BCUT2D eigenvalue weighted by molar-refractivity contribution is 5.88. The molecular formula is C21H28N6O3. The highest BCUT2D eigenvalue weighted by atomic mass is 16.2. The normalized spacial score (nSPS) is 17.9. The van der Waals surface area contributed by atoms with E-state index < -0.39 is 12.1 Å². The summed E-state index contributed by atoms with van der Waals surface area (Å²) in [4.78, 5) is 38.8. The number of carbonyl (C=O) groups is 3. The molecule has 1 aliphatic rings. The average molecular weight is 412 g/mol.